The van der Waals surface area contributed by atoms with Gasteiger partial charge in [0, 0.05) is 18.5 Å². The summed E-state index contributed by atoms with van der Waals surface area (Å²) in [6.45, 7) is 0. The van der Waals surface area contributed by atoms with Crippen molar-refractivity contribution < 1.29 is 4.74 Å². The quantitative estimate of drug-likeness (QED) is 0.842. The Bertz CT molecular complexity index is 531. The normalized spacial score (nSPS) is 9.50. The summed E-state index contributed by atoms with van der Waals surface area (Å²) in [5.74, 6) is 1.38. The molecular formula is C12H7BrN2O. The Labute approximate surface area is 101 Å². The van der Waals surface area contributed by atoms with Gasteiger partial charge in [-0.3, -0.25) is 4.98 Å². The van der Waals surface area contributed by atoms with Crippen LogP contribution in [0.4, 0.5) is 0 Å². The predicted molar refractivity (Wildman–Crippen MR) is 63.2 cm³/mol. The highest BCUT2D eigenvalue weighted by atomic mass is 79.9. The van der Waals surface area contributed by atoms with E-state index >= 15 is 0 Å². The lowest BCUT2D eigenvalue weighted by Gasteiger charge is -2.06. The van der Waals surface area contributed by atoms with E-state index < -0.39 is 0 Å². The van der Waals surface area contributed by atoms with Gasteiger partial charge in [0.1, 0.15) is 11.5 Å². The number of pyridine rings is 1. The molecule has 0 saturated heterocycles. The van der Waals surface area contributed by atoms with Crippen molar-refractivity contribution in [1.29, 1.82) is 5.26 Å². The smallest absolute Gasteiger partial charge is 0.144 e. The summed E-state index contributed by atoms with van der Waals surface area (Å²) in [4.78, 5) is 3.94. The highest BCUT2D eigenvalue weighted by Gasteiger charge is 2.01. The third-order valence-electron chi connectivity index (χ3n) is 1.95. The van der Waals surface area contributed by atoms with E-state index in [4.69, 9.17) is 10.00 Å². The number of nitriles is 1. The van der Waals surface area contributed by atoms with Crippen molar-refractivity contribution in [2.24, 2.45) is 0 Å². The molecular weight excluding hydrogens is 268 g/mol. The molecule has 0 atom stereocenters. The van der Waals surface area contributed by atoms with E-state index in [2.05, 4.69) is 27.0 Å². The molecule has 0 unspecified atom stereocenters. The van der Waals surface area contributed by atoms with Crippen LogP contribution in [-0.2, 0) is 0 Å². The molecule has 4 heteroatoms. The fourth-order valence-corrected chi connectivity index (χ4v) is 1.50. The molecule has 78 valence electrons. The van der Waals surface area contributed by atoms with Crippen molar-refractivity contribution in [3.63, 3.8) is 0 Å². The monoisotopic (exact) mass is 274 g/mol. The topological polar surface area (TPSA) is 45.9 Å². The minimum Gasteiger partial charge on any atom is -0.456 e. The molecule has 0 radical (unpaired) electrons. The van der Waals surface area contributed by atoms with Crippen molar-refractivity contribution >= 4 is 15.9 Å². The molecule has 1 aromatic carbocycles. The summed E-state index contributed by atoms with van der Waals surface area (Å²) >= 11 is 3.34. The highest BCUT2D eigenvalue weighted by Crippen LogP contribution is 2.28. The summed E-state index contributed by atoms with van der Waals surface area (Å²) in [5.41, 5.74) is 0.612. The van der Waals surface area contributed by atoms with Crippen LogP contribution in [0.5, 0.6) is 11.5 Å². The maximum Gasteiger partial charge on any atom is 0.144 e. The van der Waals surface area contributed by atoms with E-state index in [1.54, 1.807) is 42.7 Å². The summed E-state index contributed by atoms with van der Waals surface area (Å²) in [6.07, 6.45) is 3.32. The Kier molecular flexibility index (Phi) is 3.18. The van der Waals surface area contributed by atoms with Crippen LogP contribution in [0.2, 0.25) is 0 Å². The molecule has 0 aliphatic rings. The third kappa shape index (κ3) is 2.38. The first-order valence-electron chi connectivity index (χ1n) is 4.57. The summed E-state index contributed by atoms with van der Waals surface area (Å²) < 4.78 is 6.40. The van der Waals surface area contributed by atoms with Gasteiger partial charge in [0.15, 0.2) is 0 Å². The van der Waals surface area contributed by atoms with Crippen molar-refractivity contribution in [2.75, 3.05) is 0 Å². The van der Waals surface area contributed by atoms with Crippen molar-refractivity contribution in [3.8, 4) is 17.6 Å². The molecule has 1 heterocycles. The van der Waals surface area contributed by atoms with Gasteiger partial charge in [0.25, 0.3) is 0 Å². The van der Waals surface area contributed by atoms with Gasteiger partial charge in [-0.1, -0.05) is 0 Å². The van der Waals surface area contributed by atoms with Crippen LogP contribution in [0.15, 0.2) is 47.2 Å². The Hall–Kier alpha value is -1.86. The van der Waals surface area contributed by atoms with Gasteiger partial charge in [-0.2, -0.15) is 5.26 Å². The van der Waals surface area contributed by atoms with Gasteiger partial charge in [-0.05, 0) is 40.2 Å². The molecule has 2 rings (SSSR count). The lowest BCUT2D eigenvalue weighted by atomic mass is 10.2. The van der Waals surface area contributed by atoms with Gasteiger partial charge in [-0.25, -0.2) is 0 Å². The van der Waals surface area contributed by atoms with Gasteiger partial charge in [0.05, 0.1) is 16.1 Å². The van der Waals surface area contributed by atoms with Crippen molar-refractivity contribution in [1.82, 2.24) is 4.98 Å². The van der Waals surface area contributed by atoms with Gasteiger partial charge in [-0.15, -0.1) is 0 Å². The van der Waals surface area contributed by atoms with Crippen molar-refractivity contribution in [3.05, 3.63) is 52.8 Å². The number of ether oxygens (including phenoxy) is 1. The van der Waals surface area contributed by atoms with Crippen molar-refractivity contribution in [2.45, 2.75) is 0 Å². The molecule has 0 aliphatic carbocycles. The largest absolute Gasteiger partial charge is 0.456 e. The third-order valence-corrected chi connectivity index (χ3v) is 2.54. The van der Waals surface area contributed by atoms with Crippen LogP contribution >= 0.6 is 15.9 Å². The summed E-state index contributed by atoms with van der Waals surface area (Å²) in [6, 6.07) is 10.8. The first-order valence-corrected chi connectivity index (χ1v) is 5.36. The van der Waals surface area contributed by atoms with E-state index in [9.17, 15) is 0 Å². The minimum atomic E-state index is 0.612. The Morgan fingerprint density at radius 1 is 1.19 bits per heavy atom. The maximum atomic E-state index is 8.66. The van der Waals surface area contributed by atoms with E-state index in [1.807, 2.05) is 0 Å². The van der Waals surface area contributed by atoms with Crippen LogP contribution < -0.4 is 4.74 Å². The molecule has 16 heavy (non-hydrogen) atoms. The van der Waals surface area contributed by atoms with E-state index in [0.717, 1.165) is 4.47 Å². The Balaban J connectivity index is 2.22. The lowest BCUT2D eigenvalue weighted by Crippen LogP contribution is -1.86. The summed E-state index contributed by atoms with van der Waals surface area (Å²) in [5, 5.41) is 8.66. The molecule has 0 N–H and O–H groups in total. The maximum absolute atomic E-state index is 8.66. The fraction of sp³-hybridized carbons (Fsp3) is 0. The van der Waals surface area contributed by atoms with Crippen LogP contribution in [0.1, 0.15) is 5.56 Å². The molecule has 1 aromatic heterocycles. The predicted octanol–water partition coefficient (Wildman–Crippen LogP) is 3.51. The lowest BCUT2D eigenvalue weighted by molar-refractivity contribution is 0.479. The highest BCUT2D eigenvalue weighted by molar-refractivity contribution is 9.10. The second-order valence-electron chi connectivity index (χ2n) is 3.04. The van der Waals surface area contributed by atoms with Gasteiger partial charge >= 0.3 is 0 Å². The number of aromatic nitrogens is 1. The molecule has 2 aromatic rings. The fourth-order valence-electron chi connectivity index (χ4n) is 1.17. The standard InChI is InChI=1S/C12H7BrN2O/c13-11-8-15-6-5-12(11)16-10-3-1-9(7-14)2-4-10/h1-6,8H. The molecule has 0 fully saturated rings. The molecule has 0 amide bonds. The average Bonchev–Trinajstić information content (AvgIpc) is 2.33. The zero-order chi connectivity index (χ0) is 11.4. The summed E-state index contributed by atoms with van der Waals surface area (Å²) in [7, 11) is 0. The number of rotatable bonds is 2. The van der Waals surface area contributed by atoms with Crippen LogP contribution in [0.25, 0.3) is 0 Å². The number of hydrogen-bond acceptors (Lipinski definition) is 3. The van der Waals surface area contributed by atoms with E-state index in [-0.39, 0.29) is 0 Å². The molecule has 3 nitrogen and oxygen atoms in total. The second kappa shape index (κ2) is 4.77. The molecule has 0 aliphatic heterocycles. The second-order valence-corrected chi connectivity index (χ2v) is 3.90. The minimum absolute atomic E-state index is 0.612. The van der Waals surface area contributed by atoms with E-state index in [1.165, 1.54) is 0 Å². The zero-order valence-electron chi connectivity index (χ0n) is 8.22. The number of hydrogen-bond donors (Lipinski definition) is 0. The molecule has 0 spiro atoms. The van der Waals surface area contributed by atoms with Crippen LogP contribution in [0, 0.1) is 11.3 Å². The zero-order valence-corrected chi connectivity index (χ0v) is 9.81. The van der Waals surface area contributed by atoms with Gasteiger partial charge in [0.2, 0.25) is 0 Å². The SMILES string of the molecule is N#Cc1ccc(Oc2ccncc2Br)cc1. The Morgan fingerprint density at radius 2 is 1.94 bits per heavy atom. The first-order chi connectivity index (χ1) is 7.79. The van der Waals surface area contributed by atoms with Gasteiger partial charge < -0.3 is 4.74 Å². The van der Waals surface area contributed by atoms with Crippen LogP contribution in [0.3, 0.4) is 0 Å². The van der Waals surface area contributed by atoms with Crippen LogP contribution in [-0.4, -0.2) is 4.98 Å². The van der Waals surface area contributed by atoms with E-state index in [0.29, 0.717) is 17.1 Å². The number of halogens is 1. The number of nitrogens with zero attached hydrogens (tertiary/aromatic N) is 2. The average molecular weight is 275 g/mol. The molecule has 0 saturated carbocycles. The Morgan fingerprint density at radius 3 is 2.56 bits per heavy atom. The first kappa shape index (κ1) is 10.7. The molecule has 0 bridgehead atoms. The number of benzene rings is 1.